The Morgan fingerprint density at radius 2 is 2.00 bits per heavy atom. The number of benzene rings is 1. The molecule has 25 heavy (non-hydrogen) atoms. The summed E-state index contributed by atoms with van der Waals surface area (Å²) in [5, 5.41) is 12.7. The van der Waals surface area contributed by atoms with Gasteiger partial charge in [0.2, 0.25) is 0 Å². The standard InChI is InChI=1S/C16H16ClF3N4O/c1-24(6-7-25)13-4-2-11(3-5-13)9-22-23-15-14(17)8-12(10-21-15)16(18,19)20/h2-5,8-10,25H,6-7H2,1H3,(H,21,23)/b22-9+. The predicted octanol–water partition coefficient (Wildman–Crippen LogP) is 3.63. The average Bonchev–Trinajstić information content (AvgIpc) is 2.56. The molecule has 2 aromatic rings. The zero-order chi connectivity index (χ0) is 18.4. The van der Waals surface area contributed by atoms with Gasteiger partial charge in [0.25, 0.3) is 0 Å². The van der Waals surface area contributed by atoms with Gasteiger partial charge >= 0.3 is 6.18 Å². The Kier molecular flexibility index (Phi) is 6.22. The first-order valence-electron chi connectivity index (χ1n) is 7.25. The van der Waals surface area contributed by atoms with Crippen LogP contribution in [0.4, 0.5) is 24.7 Å². The average molecular weight is 373 g/mol. The maximum Gasteiger partial charge on any atom is 0.417 e. The van der Waals surface area contributed by atoms with Crippen molar-refractivity contribution in [3.63, 3.8) is 0 Å². The number of alkyl halides is 3. The Morgan fingerprint density at radius 3 is 2.56 bits per heavy atom. The Balaban J connectivity index is 2.01. The van der Waals surface area contributed by atoms with Crippen molar-refractivity contribution in [2.24, 2.45) is 5.10 Å². The third-order valence-corrected chi connectivity index (χ3v) is 3.61. The van der Waals surface area contributed by atoms with Gasteiger partial charge in [0.1, 0.15) is 0 Å². The summed E-state index contributed by atoms with van der Waals surface area (Å²) in [6.07, 6.45) is -2.32. The largest absolute Gasteiger partial charge is 0.417 e. The lowest BCUT2D eigenvalue weighted by Crippen LogP contribution is -2.20. The number of hydrogen-bond acceptors (Lipinski definition) is 5. The van der Waals surface area contributed by atoms with E-state index in [0.717, 1.165) is 17.3 Å². The molecule has 0 saturated heterocycles. The summed E-state index contributed by atoms with van der Waals surface area (Å²) >= 11 is 5.78. The van der Waals surface area contributed by atoms with Gasteiger partial charge in [-0.3, -0.25) is 5.43 Å². The molecule has 0 amide bonds. The number of aromatic nitrogens is 1. The number of aliphatic hydroxyl groups is 1. The zero-order valence-electron chi connectivity index (χ0n) is 13.3. The van der Waals surface area contributed by atoms with E-state index in [2.05, 4.69) is 15.5 Å². The van der Waals surface area contributed by atoms with Gasteiger partial charge in [-0.15, -0.1) is 0 Å². The van der Waals surface area contributed by atoms with Crippen LogP contribution in [-0.2, 0) is 6.18 Å². The van der Waals surface area contributed by atoms with Gasteiger partial charge < -0.3 is 10.0 Å². The lowest BCUT2D eigenvalue weighted by Gasteiger charge is -2.17. The Hall–Kier alpha value is -2.32. The van der Waals surface area contributed by atoms with E-state index in [4.69, 9.17) is 16.7 Å². The minimum Gasteiger partial charge on any atom is -0.395 e. The van der Waals surface area contributed by atoms with Crippen molar-refractivity contribution in [2.45, 2.75) is 6.18 Å². The number of likely N-dealkylation sites (N-methyl/N-ethyl adjacent to an activating group) is 1. The Labute approximate surface area is 147 Å². The predicted molar refractivity (Wildman–Crippen MR) is 92.3 cm³/mol. The highest BCUT2D eigenvalue weighted by atomic mass is 35.5. The molecule has 0 spiro atoms. The van der Waals surface area contributed by atoms with Crippen LogP contribution in [-0.4, -0.2) is 36.5 Å². The quantitative estimate of drug-likeness (QED) is 0.600. The molecule has 0 unspecified atom stereocenters. The van der Waals surface area contributed by atoms with Gasteiger partial charge in [0, 0.05) is 25.5 Å². The molecule has 1 heterocycles. The SMILES string of the molecule is CN(CCO)c1ccc(/C=N/Nc2ncc(C(F)(F)F)cc2Cl)cc1. The van der Waals surface area contributed by atoms with Gasteiger partial charge in [-0.1, -0.05) is 23.7 Å². The second-order valence-electron chi connectivity index (χ2n) is 5.16. The molecule has 0 atom stereocenters. The van der Waals surface area contributed by atoms with E-state index in [1.54, 1.807) is 0 Å². The molecule has 0 bridgehead atoms. The molecule has 2 rings (SSSR count). The topological polar surface area (TPSA) is 60.8 Å². The lowest BCUT2D eigenvalue weighted by molar-refractivity contribution is -0.137. The van der Waals surface area contributed by atoms with Crippen molar-refractivity contribution in [1.82, 2.24) is 4.98 Å². The van der Waals surface area contributed by atoms with Crippen molar-refractivity contribution >= 4 is 29.3 Å². The van der Waals surface area contributed by atoms with E-state index in [0.29, 0.717) is 12.7 Å². The second kappa shape index (κ2) is 8.17. The lowest BCUT2D eigenvalue weighted by atomic mass is 10.2. The summed E-state index contributed by atoms with van der Waals surface area (Å²) in [6, 6.07) is 8.14. The first-order chi connectivity index (χ1) is 11.8. The van der Waals surface area contributed by atoms with Crippen molar-refractivity contribution in [3.8, 4) is 0 Å². The van der Waals surface area contributed by atoms with Crippen molar-refractivity contribution in [3.05, 3.63) is 52.7 Å². The molecule has 0 aliphatic carbocycles. The van der Waals surface area contributed by atoms with Crippen LogP contribution in [0, 0.1) is 0 Å². The van der Waals surface area contributed by atoms with E-state index >= 15 is 0 Å². The van der Waals surface area contributed by atoms with Crippen LogP contribution in [0.25, 0.3) is 0 Å². The van der Waals surface area contributed by atoms with Crippen LogP contribution < -0.4 is 10.3 Å². The summed E-state index contributed by atoms with van der Waals surface area (Å²) in [6.45, 7) is 0.581. The summed E-state index contributed by atoms with van der Waals surface area (Å²) in [5.41, 5.74) is 3.30. The molecule has 2 N–H and O–H groups in total. The third-order valence-electron chi connectivity index (χ3n) is 3.32. The minimum atomic E-state index is -4.50. The summed E-state index contributed by atoms with van der Waals surface area (Å²) in [5.74, 6) is 0.0326. The molecule has 0 fully saturated rings. The molecule has 0 saturated carbocycles. The van der Waals surface area contributed by atoms with E-state index in [9.17, 15) is 13.2 Å². The van der Waals surface area contributed by atoms with Crippen molar-refractivity contribution in [1.29, 1.82) is 0 Å². The number of halogens is 4. The van der Waals surface area contributed by atoms with Gasteiger partial charge in [0.15, 0.2) is 5.82 Å². The number of anilines is 2. The number of nitrogens with zero attached hydrogens (tertiary/aromatic N) is 3. The maximum absolute atomic E-state index is 12.5. The molecule has 5 nitrogen and oxygen atoms in total. The molecule has 1 aromatic carbocycles. The van der Waals surface area contributed by atoms with E-state index in [1.165, 1.54) is 6.21 Å². The van der Waals surface area contributed by atoms with Crippen molar-refractivity contribution in [2.75, 3.05) is 30.5 Å². The summed E-state index contributed by atoms with van der Waals surface area (Å²) < 4.78 is 37.6. The second-order valence-corrected chi connectivity index (χ2v) is 5.57. The van der Waals surface area contributed by atoms with Crippen LogP contribution in [0.5, 0.6) is 0 Å². The number of aliphatic hydroxyl groups excluding tert-OH is 1. The van der Waals surface area contributed by atoms with Crippen LogP contribution >= 0.6 is 11.6 Å². The fourth-order valence-corrected chi connectivity index (χ4v) is 2.15. The number of hydrazone groups is 1. The molecule has 9 heteroatoms. The first kappa shape index (κ1) is 19.0. The Bertz CT molecular complexity index is 735. The normalized spacial score (nSPS) is 11.8. The number of nitrogens with one attached hydrogen (secondary N) is 1. The van der Waals surface area contributed by atoms with Gasteiger partial charge in [-0.25, -0.2) is 4.98 Å². The molecule has 0 radical (unpaired) electrons. The molecule has 0 aliphatic rings. The number of hydrogen-bond donors (Lipinski definition) is 2. The molecule has 134 valence electrons. The fraction of sp³-hybridized carbons (Fsp3) is 0.250. The highest BCUT2D eigenvalue weighted by molar-refractivity contribution is 6.32. The highest BCUT2D eigenvalue weighted by Gasteiger charge is 2.31. The van der Waals surface area contributed by atoms with E-state index in [1.807, 2.05) is 36.2 Å². The van der Waals surface area contributed by atoms with Crippen LogP contribution in [0.2, 0.25) is 5.02 Å². The summed E-state index contributed by atoms with van der Waals surface area (Å²) in [4.78, 5) is 5.52. The maximum atomic E-state index is 12.5. The minimum absolute atomic E-state index is 0.0326. The van der Waals surface area contributed by atoms with Crippen LogP contribution in [0.1, 0.15) is 11.1 Å². The van der Waals surface area contributed by atoms with Gasteiger partial charge in [-0.2, -0.15) is 18.3 Å². The number of rotatable bonds is 6. The van der Waals surface area contributed by atoms with Crippen LogP contribution in [0.15, 0.2) is 41.6 Å². The van der Waals surface area contributed by atoms with Gasteiger partial charge in [-0.05, 0) is 23.8 Å². The fourth-order valence-electron chi connectivity index (χ4n) is 1.94. The van der Waals surface area contributed by atoms with Crippen LogP contribution in [0.3, 0.4) is 0 Å². The van der Waals surface area contributed by atoms with Crippen molar-refractivity contribution < 1.29 is 18.3 Å². The molecular weight excluding hydrogens is 357 g/mol. The smallest absolute Gasteiger partial charge is 0.395 e. The van der Waals surface area contributed by atoms with E-state index in [-0.39, 0.29) is 17.4 Å². The first-order valence-corrected chi connectivity index (χ1v) is 7.63. The highest BCUT2D eigenvalue weighted by Crippen LogP contribution is 2.32. The molecular formula is C16H16ClF3N4O. The molecule has 1 aromatic heterocycles. The van der Waals surface area contributed by atoms with Gasteiger partial charge in [0.05, 0.1) is 23.4 Å². The zero-order valence-corrected chi connectivity index (χ0v) is 14.0. The van der Waals surface area contributed by atoms with E-state index < -0.39 is 11.7 Å². The number of pyridine rings is 1. The summed E-state index contributed by atoms with van der Waals surface area (Å²) in [7, 11) is 1.86. The Morgan fingerprint density at radius 1 is 1.32 bits per heavy atom. The third kappa shape index (κ3) is 5.33. The molecule has 0 aliphatic heterocycles. The monoisotopic (exact) mass is 372 g/mol.